The minimum Gasteiger partial charge on any atom is -0.350 e. The largest absolute Gasteiger partial charge is 0.419 e. The van der Waals surface area contributed by atoms with Gasteiger partial charge in [-0.15, -0.1) is 0 Å². The quantitative estimate of drug-likeness (QED) is 0.441. The van der Waals surface area contributed by atoms with Crippen molar-refractivity contribution in [3.05, 3.63) is 71.0 Å². The summed E-state index contributed by atoms with van der Waals surface area (Å²) in [7, 11) is 0. The lowest BCUT2D eigenvalue weighted by atomic mass is 9.99. The van der Waals surface area contributed by atoms with Crippen LogP contribution in [0.2, 0.25) is 0 Å². The molecule has 40 heavy (non-hydrogen) atoms. The molecule has 2 heterocycles. The van der Waals surface area contributed by atoms with Crippen molar-refractivity contribution in [2.24, 2.45) is 11.7 Å². The second-order valence-electron chi connectivity index (χ2n) is 11.4. The predicted molar refractivity (Wildman–Crippen MR) is 144 cm³/mol. The van der Waals surface area contributed by atoms with E-state index in [4.69, 9.17) is 5.73 Å². The summed E-state index contributed by atoms with van der Waals surface area (Å²) < 4.78 is 52.8. The van der Waals surface area contributed by atoms with Gasteiger partial charge in [-0.25, -0.2) is 4.39 Å². The summed E-state index contributed by atoms with van der Waals surface area (Å²) in [6, 6.07) is 11.7. The van der Waals surface area contributed by atoms with Crippen LogP contribution >= 0.6 is 0 Å². The van der Waals surface area contributed by atoms with E-state index < -0.39 is 35.5 Å². The molecule has 218 valence electrons. The van der Waals surface area contributed by atoms with Crippen LogP contribution < -0.4 is 11.1 Å². The fourth-order valence-electron chi connectivity index (χ4n) is 5.92. The number of hydrogen-bond donors (Lipinski definition) is 2. The van der Waals surface area contributed by atoms with Gasteiger partial charge in [0.1, 0.15) is 11.9 Å². The number of nitrogens with zero attached hydrogens (tertiary/aromatic N) is 2. The van der Waals surface area contributed by atoms with Gasteiger partial charge < -0.3 is 16.0 Å². The zero-order valence-electron chi connectivity index (χ0n) is 23.0. The number of halogens is 4. The zero-order chi connectivity index (χ0) is 29.0. The molecule has 2 aromatic rings. The van der Waals surface area contributed by atoms with Gasteiger partial charge in [0.25, 0.3) is 0 Å². The molecule has 4 rings (SSSR count). The molecule has 1 unspecified atom stereocenters. The van der Waals surface area contributed by atoms with Crippen molar-refractivity contribution in [3.63, 3.8) is 0 Å². The number of hydrogen-bond acceptors (Lipinski definition) is 4. The van der Waals surface area contributed by atoms with Crippen LogP contribution in [0.15, 0.2) is 48.5 Å². The topological polar surface area (TPSA) is 78.7 Å². The maximum Gasteiger partial charge on any atom is 0.419 e. The van der Waals surface area contributed by atoms with Crippen LogP contribution in [0, 0.1) is 11.7 Å². The molecule has 2 amide bonds. The fourth-order valence-corrected chi connectivity index (χ4v) is 5.92. The molecule has 2 aliphatic heterocycles. The first-order valence-electron chi connectivity index (χ1n) is 13.9. The average Bonchev–Trinajstić information content (AvgIpc) is 3.23. The number of carbonyl (C=O) groups is 2. The molecule has 3 N–H and O–H groups in total. The number of nitrogens with one attached hydrogen (secondary N) is 1. The number of aryl methyl sites for hydroxylation is 1. The summed E-state index contributed by atoms with van der Waals surface area (Å²) in [6.07, 6.45) is -1.40. The lowest BCUT2D eigenvalue weighted by molar-refractivity contribution is -0.143. The van der Waals surface area contributed by atoms with E-state index in [2.05, 4.69) is 22.3 Å². The highest BCUT2D eigenvalue weighted by Crippen LogP contribution is 2.32. The standard InChI is InChI=1S/C30H38F4N4O2/c1-19(2)14-26(28(39)36-17-21-9-11-24(25(31)15-21)30(32,33)34)37-13-12-23(10-8-20-6-4-3-5-7-20)38-18-22(35)16-27(38)29(37)40/h3-7,9,11,15,19,22-23,26-27H,8,10,12-14,16-18,35H2,1-2H3,(H,36,39)/t22-,23?,26-,27+/m1/s1. The Morgan fingerprint density at radius 1 is 1.12 bits per heavy atom. The third kappa shape index (κ3) is 7.20. The van der Waals surface area contributed by atoms with E-state index in [0.29, 0.717) is 38.4 Å². The lowest BCUT2D eigenvalue weighted by Crippen LogP contribution is -2.53. The van der Waals surface area contributed by atoms with Crippen molar-refractivity contribution in [1.82, 2.24) is 15.1 Å². The van der Waals surface area contributed by atoms with Crippen molar-refractivity contribution >= 4 is 11.8 Å². The van der Waals surface area contributed by atoms with E-state index >= 15 is 0 Å². The highest BCUT2D eigenvalue weighted by Gasteiger charge is 2.45. The van der Waals surface area contributed by atoms with Crippen molar-refractivity contribution in [1.29, 1.82) is 0 Å². The summed E-state index contributed by atoms with van der Waals surface area (Å²) >= 11 is 0. The van der Waals surface area contributed by atoms with Crippen LogP contribution in [0.25, 0.3) is 0 Å². The van der Waals surface area contributed by atoms with E-state index in [1.54, 1.807) is 4.90 Å². The molecular weight excluding hydrogens is 524 g/mol. The van der Waals surface area contributed by atoms with Gasteiger partial charge in [-0.2, -0.15) is 13.2 Å². The van der Waals surface area contributed by atoms with Gasteiger partial charge in [-0.3, -0.25) is 14.5 Å². The van der Waals surface area contributed by atoms with Crippen LogP contribution in [0.4, 0.5) is 17.6 Å². The monoisotopic (exact) mass is 562 g/mol. The lowest BCUT2D eigenvalue weighted by Gasteiger charge is -2.33. The molecule has 4 atom stereocenters. The number of benzene rings is 2. The summed E-state index contributed by atoms with van der Waals surface area (Å²) in [5, 5.41) is 2.74. The minimum absolute atomic E-state index is 0.103. The van der Waals surface area contributed by atoms with E-state index in [1.807, 2.05) is 32.0 Å². The Morgan fingerprint density at radius 3 is 2.50 bits per heavy atom. The van der Waals surface area contributed by atoms with Crippen LogP contribution in [0.3, 0.4) is 0 Å². The summed E-state index contributed by atoms with van der Waals surface area (Å²) in [6.45, 7) is 4.83. The van der Waals surface area contributed by atoms with Crippen LogP contribution in [0.1, 0.15) is 56.2 Å². The van der Waals surface area contributed by atoms with Gasteiger partial charge in [0.05, 0.1) is 11.6 Å². The van der Waals surface area contributed by atoms with E-state index in [9.17, 15) is 27.2 Å². The van der Waals surface area contributed by atoms with Crippen LogP contribution in [0.5, 0.6) is 0 Å². The summed E-state index contributed by atoms with van der Waals surface area (Å²) in [4.78, 5) is 31.2. The van der Waals surface area contributed by atoms with Gasteiger partial charge in [0.2, 0.25) is 11.8 Å². The van der Waals surface area contributed by atoms with E-state index in [-0.39, 0.29) is 36.0 Å². The van der Waals surface area contributed by atoms with Gasteiger partial charge in [0.15, 0.2) is 0 Å². The van der Waals surface area contributed by atoms with Gasteiger partial charge >= 0.3 is 6.18 Å². The van der Waals surface area contributed by atoms with Gasteiger partial charge in [0, 0.05) is 31.7 Å². The molecule has 0 aromatic heterocycles. The van der Waals surface area contributed by atoms with Gasteiger partial charge in [-0.1, -0.05) is 50.2 Å². The van der Waals surface area contributed by atoms with Gasteiger partial charge in [-0.05, 0) is 61.3 Å². The number of carbonyl (C=O) groups excluding carboxylic acids is 2. The Balaban J connectivity index is 1.49. The van der Waals surface area contributed by atoms with Crippen molar-refractivity contribution < 1.29 is 27.2 Å². The van der Waals surface area contributed by atoms with Crippen molar-refractivity contribution in [3.8, 4) is 0 Å². The van der Waals surface area contributed by atoms with E-state index in [1.165, 1.54) is 5.56 Å². The number of amides is 2. The minimum atomic E-state index is -4.79. The molecule has 0 spiro atoms. The average molecular weight is 563 g/mol. The Kier molecular flexibility index (Phi) is 9.51. The molecule has 2 aromatic carbocycles. The SMILES string of the molecule is CC(C)C[C@H](C(=O)NCc1ccc(C(F)(F)F)c(F)c1)N1CCC(CCc2ccccc2)N2C[C@H](N)C[C@H]2C1=O. The highest BCUT2D eigenvalue weighted by molar-refractivity contribution is 5.90. The maximum absolute atomic E-state index is 14.1. The molecule has 0 bridgehead atoms. The van der Waals surface area contributed by atoms with Crippen molar-refractivity contribution in [2.75, 3.05) is 13.1 Å². The number of nitrogens with two attached hydrogens (primary N) is 1. The molecule has 2 aliphatic rings. The Hall–Kier alpha value is -2.98. The Morgan fingerprint density at radius 2 is 1.85 bits per heavy atom. The third-order valence-corrected chi connectivity index (χ3v) is 7.90. The van der Waals surface area contributed by atoms with Crippen LogP contribution in [-0.4, -0.2) is 58.9 Å². The third-order valence-electron chi connectivity index (χ3n) is 7.90. The molecule has 0 radical (unpaired) electrons. The molecular formula is C30H38F4N4O2. The van der Waals surface area contributed by atoms with E-state index in [0.717, 1.165) is 25.0 Å². The normalized spacial score (nSPS) is 22.8. The molecule has 2 fully saturated rings. The second-order valence-corrected chi connectivity index (χ2v) is 11.4. The Labute approximate surface area is 232 Å². The van der Waals surface area contributed by atoms with Crippen LogP contribution in [-0.2, 0) is 28.7 Å². The second kappa shape index (κ2) is 12.7. The predicted octanol–water partition coefficient (Wildman–Crippen LogP) is 4.51. The molecule has 6 nitrogen and oxygen atoms in total. The molecule has 0 saturated carbocycles. The first kappa shape index (κ1) is 30.0. The smallest absolute Gasteiger partial charge is 0.350 e. The summed E-state index contributed by atoms with van der Waals surface area (Å²) in [5.74, 6) is -1.80. The maximum atomic E-state index is 14.1. The highest BCUT2D eigenvalue weighted by atomic mass is 19.4. The number of rotatable bonds is 9. The molecule has 0 aliphatic carbocycles. The molecule has 2 saturated heterocycles. The number of alkyl halides is 3. The first-order chi connectivity index (χ1) is 18.9. The summed E-state index contributed by atoms with van der Waals surface area (Å²) in [5.41, 5.74) is 6.39. The fraction of sp³-hybridized carbons (Fsp3) is 0.533. The first-order valence-corrected chi connectivity index (χ1v) is 13.9. The zero-order valence-corrected chi connectivity index (χ0v) is 23.0. The molecule has 10 heteroatoms. The number of fused-ring (bicyclic) bond motifs is 1. The Bertz CT molecular complexity index is 1170. The van der Waals surface area contributed by atoms with Crippen molar-refractivity contribution in [2.45, 2.75) is 82.8 Å².